The first-order valence-corrected chi connectivity index (χ1v) is 10.4. The number of aliphatic carboxylic acids is 1. The van der Waals surface area contributed by atoms with Gasteiger partial charge in [0.05, 0.1) is 6.10 Å². The summed E-state index contributed by atoms with van der Waals surface area (Å²) in [7, 11) is 0. The third-order valence-corrected chi connectivity index (χ3v) is 5.95. The van der Waals surface area contributed by atoms with Crippen molar-refractivity contribution < 1.29 is 19.8 Å². The zero-order valence-corrected chi connectivity index (χ0v) is 16.9. The van der Waals surface area contributed by atoms with Crippen LogP contribution in [0.2, 0.25) is 0 Å². The first-order chi connectivity index (χ1) is 12.3. The zero-order valence-electron chi connectivity index (χ0n) is 16.9. The molecule has 26 heavy (non-hydrogen) atoms. The van der Waals surface area contributed by atoms with E-state index in [1.54, 1.807) is 0 Å². The van der Waals surface area contributed by atoms with Crippen LogP contribution in [-0.4, -0.2) is 28.1 Å². The topological polar surface area (TPSA) is 74.6 Å². The predicted octanol–water partition coefficient (Wildman–Crippen LogP) is 5.14. The minimum absolute atomic E-state index is 0.0574. The van der Waals surface area contributed by atoms with Crippen LogP contribution in [0.5, 0.6) is 0 Å². The number of carboxylic acid groups (broad SMARTS) is 1. The fourth-order valence-electron chi connectivity index (χ4n) is 3.94. The van der Waals surface area contributed by atoms with E-state index in [2.05, 4.69) is 20.8 Å². The molecule has 0 aliphatic heterocycles. The monoisotopic (exact) mass is 366 g/mol. The van der Waals surface area contributed by atoms with Crippen molar-refractivity contribution in [1.29, 1.82) is 0 Å². The Hall–Kier alpha value is -1.16. The minimum Gasteiger partial charge on any atom is -0.481 e. The summed E-state index contributed by atoms with van der Waals surface area (Å²) in [5, 5.41) is 19.2. The highest BCUT2D eigenvalue weighted by molar-refractivity contribution is 5.83. The summed E-state index contributed by atoms with van der Waals surface area (Å²) in [5.41, 5.74) is -0.0574. The molecule has 0 saturated heterocycles. The fraction of sp³-hybridized carbons (Fsp3) is 0.818. The Balaban J connectivity index is 2.41. The number of aliphatic hydroxyl groups is 1. The molecule has 1 rings (SSSR count). The number of Topliss-reactive ketones (excluding diaryl/α,β-unsaturated/α-hetero) is 1. The molecule has 0 bridgehead atoms. The molecule has 0 aromatic rings. The third-order valence-electron chi connectivity index (χ3n) is 5.95. The lowest BCUT2D eigenvalue weighted by molar-refractivity contribution is -0.137. The van der Waals surface area contributed by atoms with Crippen LogP contribution in [0.1, 0.15) is 91.4 Å². The molecule has 0 aromatic carbocycles. The van der Waals surface area contributed by atoms with Crippen LogP contribution in [0.15, 0.2) is 12.2 Å². The van der Waals surface area contributed by atoms with Gasteiger partial charge < -0.3 is 10.2 Å². The van der Waals surface area contributed by atoms with Crippen LogP contribution in [0, 0.1) is 17.3 Å². The lowest BCUT2D eigenvalue weighted by Crippen LogP contribution is -2.30. The van der Waals surface area contributed by atoms with Gasteiger partial charge in [-0.15, -0.1) is 0 Å². The Bertz CT molecular complexity index is 467. The van der Waals surface area contributed by atoms with Gasteiger partial charge in [-0.3, -0.25) is 9.59 Å². The molecule has 0 heterocycles. The summed E-state index contributed by atoms with van der Waals surface area (Å²) in [6.45, 7) is 6.46. The lowest BCUT2D eigenvalue weighted by atomic mass is 9.77. The van der Waals surface area contributed by atoms with E-state index in [1.165, 1.54) is 0 Å². The second-order valence-corrected chi connectivity index (χ2v) is 8.55. The van der Waals surface area contributed by atoms with E-state index < -0.39 is 5.97 Å². The number of hydrogen-bond acceptors (Lipinski definition) is 3. The quantitative estimate of drug-likeness (QED) is 0.349. The number of ketones is 1. The van der Waals surface area contributed by atoms with Crippen LogP contribution in [-0.2, 0) is 9.59 Å². The van der Waals surface area contributed by atoms with Crippen molar-refractivity contribution >= 4 is 11.8 Å². The number of unbranched alkanes of at least 4 members (excludes halogenated alkanes) is 2. The van der Waals surface area contributed by atoms with Crippen LogP contribution in [0.3, 0.4) is 0 Å². The summed E-state index contributed by atoms with van der Waals surface area (Å²) in [6, 6.07) is 0. The Morgan fingerprint density at radius 2 is 2.04 bits per heavy atom. The molecule has 4 heteroatoms. The van der Waals surface area contributed by atoms with E-state index in [9.17, 15) is 14.7 Å². The summed E-state index contributed by atoms with van der Waals surface area (Å²) in [6.07, 6.45) is 12.7. The number of carboxylic acids is 1. The highest BCUT2D eigenvalue weighted by atomic mass is 16.4. The SMILES string of the molecule is CCCCC(C)(C)C(O)CC[C@H]1CCC(=O)[C@@H]1CC=CCCCC(=O)O. The Kier molecular flexibility index (Phi) is 10.1. The van der Waals surface area contributed by atoms with E-state index in [-0.39, 0.29) is 23.9 Å². The summed E-state index contributed by atoms with van der Waals surface area (Å²) < 4.78 is 0. The fourth-order valence-corrected chi connectivity index (χ4v) is 3.94. The number of allylic oxidation sites excluding steroid dienone is 2. The van der Waals surface area contributed by atoms with Crippen LogP contribution in [0.25, 0.3) is 0 Å². The van der Waals surface area contributed by atoms with Gasteiger partial charge in [0, 0.05) is 18.8 Å². The standard InChI is InChI=1S/C22H38O4/c1-4-5-16-22(2,3)20(24)15-13-17-12-14-19(23)18(17)10-8-6-7-9-11-21(25)26/h6,8,17-18,20,24H,4-5,7,9-16H2,1-3H3,(H,25,26)/t17-,18-,20?/m1/s1. The number of rotatable bonds is 13. The molecule has 1 fully saturated rings. The van der Waals surface area contributed by atoms with Gasteiger partial charge in [0.2, 0.25) is 0 Å². The molecule has 150 valence electrons. The van der Waals surface area contributed by atoms with E-state index in [0.29, 0.717) is 24.5 Å². The number of hydrogen-bond donors (Lipinski definition) is 2. The second kappa shape index (κ2) is 11.5. The molecular weight excluding hydrogens is 328 g/mol. The van der Waals surface area contributed by atoms with E-state index in [4.69, 9.17) is 5.11 Å². The van der Waals surface area contributed by atoms with Gasteiger partial charge in [-0.25, -0.2) is 0 Å². The van der Waals surface area contributed by atoms with Crippen molar-refractivity contribution in [3.05, 3.63) is 12.2 Å². The normalized spacial score (nSPS) is 22.2. The van der Waals surface area contributed by atoms with E-state index in [1.807, 2.05) is 12.2 Å². The van der Waals surface area contributed by atoms with Crippen molar-refractivity contribution in [3.8, 4) is 0 Å². The lowest BCUT2D eigenvalue weighted by Gasteiger charge is -2.31. The van der Waals surface area contributed by atoms with Gasteiger partial charge in [0.25, 0.3) is 0 Å². The van der Waals surface area contributed by atoms with E-state index in [0.717, 1.165) is 51.4 Å². The molecule has 0 amide bonds. The summed E-state index contributed by atoms with van der Waals surface area (Å²) >= 11 is 0. The van der Waals surface area contributed by atoms with Gasteiger partial charge in [0.15, 0.2) is 0 Å². The van der Waals surface area contributed by atoms with Crippen molar-refractivity contribution in [2.24, 2.45) is 17.3 Å². The molecule has 1 aliphatic carbocycles. The molecule has 0 radical (unpaired) electrons. The average Bonchev–Trinajstić information content (AvgIpc) is 2.93. The number of carbonyl (C=O) groups excluding carboxylic acids is 1. The van der Waals surface area contributed by atoms with Gasteiger partial charge >= 0.3 is 5.97 Å². The molecule has 2 N–H and O–H groups in total. The molecular formula is C22H38O4. The Labute approximate surface area is 159 Å². The summed E-state index contributed by atoms with van der Waals surface area (Å²) in [5.74, 6) is 0.0502. The minimum atomic E-state index is -0.759. The molecule has 0 aromatic heterocycles. The average molecular weight is 367 g/mol. The van der Waals surface area contributed by atoms with Crippen LogP contribution in [0.4, 0.5) is 0 Å². The Morgan fingerprint density at radius 3 is 2.69 bits per heavy atom. The third kappa shape index (κ3) is 8.03. The van der Waals surface area contributed by atoms with Crippen LogP contribution < -0.4 is 0 Å². The van der Waals surface area contributed by atoms with Crippen LogP contribution >= 0.6 is 0 Å². The highest BCUT2D eigenvalue weighted by Crippen LogP contribution is 2.37. The molecule has 1 unspecified atom stereocenters. The maximum atomic E-state index is 12.2. The van der Waals surface area contributed by atoms with Crippen molar-refractivity contribution in [3.63, 3.8) is 0 Å². The first-order valence-electron chi connectivity index (χ1n) is 10.4. The Morgan fingerprint density at radius 1 is 1.31 bits per heavy atom. The van der Waals surface area contributed by atoms with Gasteiger partial charge in [-0.1, -0.05) is 45.8 Å². The molecule has 4 nitrogen and oxygen atoms in total. The first kappa shape index (κ1) is 22.9. The van der Waals surface area contributed by atoms with E-state index >= 15 is 0 Å². The zero-order chi connectivity index (χ0) is 19.6. The molecule has 3 atom stereocenters. The second-order valence-electron chi connectivity index (χ2n) is 8.55. The van der Waals surface area contributed by atoms with Crippen molar-refractivity contribution in [2.45, 2.75) is 97.5 Å². The predicted molar refractivity (Wildman–Crippen MR) is 105 cm³/mol. The molecule has 1 saturated carbocycles. The molecule has 1 aliphatic rings. The van der Waals surface area contributed by atoms with Gasteiger partial charge in [0.1, 0.15) is 5.78 Å². The largest absolute Gasteiger partial charge is 0.481 e. The van der Waals surface area contributed by atoms with Crippen molar-refractivity contribution in [1.82, 2.24) is 0 Å². The van der Waals surface area contributed by atoms with Gasteiger partial charge in [-0.05, 0) is 56.3 Å². The van der Waals surface area contributed by atoms with Crippen molar-refractivity contribution in [2.75, 3.05) is 0 Å². The smallest absolute Gasteiger partial charge is 0.303 e. The summed E-state index contributed by atoms with van der Waals surface area (Å²) in [4.78, 5) is 22.7. The maximum absolute atomic E-state index is 12.2. The molecule has 0 spiro atoms. The number of carbonyl (C=O) groups is 2. The maximum Gasteiger partial charge on any atom is 0.303 e. The number of aliphatic hydroxyl groups excluding tert-OH is 1. The van der Waals surface area contributed by atoms with Gasteiger partial charge in [-0.2, -0.15) is 0 Å². The highest BCUT2D eigenvalue weighted by Gasteiger charge is 2.35.